The van der Waals surface area contributed by atoms with E-state index in [0.29, 0.717) is 19.6 Å². The summed E-state index contributed by atoms with van der Waals surface area (Å²) in [6, 6.07) is 8.46. The van der Waals surface area contributed by atoms with E-state index in [9.17, 15) is 14.4 Å². The average Bonchev–Trinajstić information content (AvgIpc) is 3.05. The Hall–Kier alpha value is -2.45. The molecule has 164 valence electrons. The summed E-state index contributed by atoms with van der Waals surface area (Å²) in [7, 11) is 1.49. The lowest BCUT2D eigenvalue weighted by molar-refractivity contribution is -0.134. The van der Waals surface area contributed by atoms with Crippen molar-refractivity contribution < 1.29 is 14.4 Å². The zero-order valence-corrected chi connectivity index (χ0v) is 17.8. The maximum Gasteiger partial charge on any atom is 0.321 e. The number of rotatable bonds is 5. The summed E-state index contributed by atoms with van der Waals surface area (Å²) >= 11 is 0. The molecule has 0 spiro atoms. The molecule has 2 heterocycles. The summed E-state index contributed by atoms with van der Waals surface area (Å²) < 4.78 is 0. The molecule has 30 heavy (non-hydrogen) atoms. The molecule has 8 heteroatoms. The Morgan fingerprint density at radius 3 is 2.13 bits per heavy atom. The lowest BCUT2D eigenvalue weighted by Crippen LogP contribution is -2.54. The summed E-state index contributed by atoms with van der Waals surface area (Å²) in [5, 5.41) is 4.84. The predicted octanol–water partition coefficient (Wildman–Crippen LogP) is 1.20. The summed E-state index contributed by atoms with van der Waals surface area (Å²) in [6.07, 6.45) is 4.61. The molecule has 4 amide bonds. The highest BCUT2D eigenvalue weighted by atomic mass is 16.2. The summed E-state index contributed by atoms with van der Waals surface area (Å²) in [6.45, 7) is 4.94. The van der Waals surface area contributed by atoms with Crippen LogP contribution in [0.15, 0.2) is 30.3 Å². The number of hydrogen-bond donors (Lipinski definition) is 2. The predicted molar refractivity (Wildman–Crippen MR) is 115 cm³/mol. The maximum absolute atomic E-state index is 12.8. The quantitative estimate of drug-likeness (QED) is 0.755. The van der Waals surface area contributed by atoms with E-state index in [1.54, 1.807) is 0 Å². The molecule has 2 aliphatic rings. The minimum atomic E-state index is -0.535. The van der Waals surface area contributed by atoms with E-state index in [1.165, 1.54) is 19.9 Å². The van der Waals surface area contributed by atoms with Crippen LogP contribution in [-0.2, 0) is 9.59 Å². The molecule has 0 aromatic heterocycles. The number of imide groups is 1. The molecular weight excluding hydrogens is 382 g/mol. The highest BCUT2D eigenvalue weighted by Crippen LogP contribution is 2.23. The second kappa shape index (κ2) is 11.1. The summed E-state index contributed by atoms with van der Waals surface area (Å²) in [5.74, 6) is -0.128. The molecule has 1 aromatic carbocycles. The smallest absolute Gasteiger partial charge is 0.321 e. The van der Waals surface area contributed by atoms with Crippen molar-refractivity contribution in [2.24, 2.45) is 0 Å². The number of carbonyl (C=O) groups excluding carboxylic acids is 3. The van der Waals surface area contributed by atoms with Crippen LogP contribution in [-0.4, -0.2) is 85.4 Å². The van der Waals surface area contributed by atoms with Crippen LogP contribution < -0.4 is 10.6 Å². The van der Waals surface area contributed by atoms with E-state index in [4.69, 9.17) is 0 Å². The first-order chi connectivity index (χ1) is 14.6. The zero-order valence-electron chi connectivity index (χ0n) is 17.8. The van der Waals surface area contributed by atoms with Crippen LogP contribution in [0.1, 0.15) is 37.3 Å². The van der Waals surface area contributed by atoms with Crippen LogP contribution in [0, 0.1) is 0 Å². The lowest BCUT2D eigenvalue weighted by Gasteiger charge is -2.39. The number of benzene rings is 1. The van der Waals surface area contributed by atoms with Crippen molar-refractivity contribution in [2.45, 2.75) is 31.7 Å². The standard InChI is InChI=1S/C22H33N5O3/c1-23-22(30)24-21(29)20(18-9-5-4-6-10-18)27-15-13-25(14-16-27)17-19(28)26-11-7-2-3-8-12-26/h4-6,9-10,20H,2-3,7-8,11-17H2,1H3,(H2,23,24,29,30)/t20-/m1/s1. The topological polar surface area (TPSA) is 85.0 Å². The van der Waals surface area contributed by atoms with E-state index < -0.39 is 12.1 Å². The number of hydrogen-bond acceptors (Lipinski definition) is 5. The number of likely N-dealkylation sites (tertiary alicyclic amines) is 1. The Morgan fingerprint density at radius 1 is 0.900 bits per heavy atom. The fourth-order valence-electron chi connectivity index (χ4n) is 4.20. The van der Waals surface area contributed by atoms with Crippen LogP contribution in [0.25, 0.3) is 0 Å². The minimum Gasteiger partial charge on any atom is -0.342 e. The molecule has 2 aliphatic heterocycles. The third-order valence-electron chi connectivity index (χ3n) is 5.92. The zero-order chi connectivity index (χ0) is 21.3. The average molecular weight is 416 g/mol. The Balaban J connectivity index is 1.59. The van der Waals surface area contributed by atoms with Gasteiger partial charge in [0, 0.05) is 46.3 Å². The van der Waals surface area contributed by atoms with Crippen LogP contribution in [0.4, 0.5) is 4.79 Å². The van der Waals surface area contributed by atoms with Gasteiger partial charge in [0.05, 0.1) is 6.54 Å². The van der Waals surface area contributed by atoms with Crippen molar-refractivity contribution >= 4 is 17.8 Å². The van der Waals surface area contributed by atoms with Gasteiger partial charge in [0.25, 0.3) is 0 Å². The third-order valence-corrected chi connectivity index (χ3v) is 5.92. The molecule has 0 saturated carbocycles. The molecule has 0 aliphatic carbocycles. The highest BCUT2D eigenvalue weighted by Gasteiger charge is 2.32. The first-order valence-electron chi connectivity index (χ1n) is 10.9. The van der Waals surface area contributed by atoms with Crippen LogP contribution >= 0.6 is 0 Å². The van der Waals surface area contributed by atoms with E-state index >= 15 is 0 Å². The van der Waals surface area contributed by atoms with Gasteiger partial charge in [-0.3, -0.25) is 24.7 Å². The lowest BCUT2D eigenvalue weighted by atomic mass is 10.0. The molecule has 2 fully saturated rings. The van der Waals surface area contributed by atoms with Crippen LogP contribution in [0.2, 0.25) is 0 Å². The van der Waals surface area contributed by atoms with Crippen molar-refractivity contribution in [1.82, 2.24) is 25.3 Å². The van der Waals surface area contributed by atoms with Gasteiger partial charge < -0.3 is 10.2 Å². The van der Waals surface area contributed by atoms with Crippen molar-refractivity contribution in [2.75, 3.05) is 52.9 Å². The number of nitrogens with one attached hydrogen (secondary N) is 2. The van der Waals surface area contributed by atoms with Crippen molar-refractivity contribution in [3.63, 3.8) is 0 Å². The summed E-state index contributed by atoms with van der Waals surface area (Å²) in [5.41, 5.74) is 0.855. The van der Waals surface area contributed by atoms with E-state index in [0.717, 1.165) is 44.6 Å². The molecule has 1 aromatic rings. The van der Waals surface area contributed by atoms with E-state index in [-0.39, 0.29) is 11.8 Å². The Bertz CT molecular complexity index is 711. The van der Waals surface area contributed by atoms with Crippen LogP contribution in [0.5, 0.6) is 0 Å². The molecule has 3 rings (SSSR count). The first-order valence-corrected chi connectivity index (χ1v) is 10.9. The molecule has 0 radical (unpaired) electrons. The van der Waals surface area contributed by atoms with Gasteiger partial charge in [-0.2, -0.15) is 0 Å². The van der Waals surface area contributed by atoms with Crippen LogP contribution in [0.3, 0.4) is 0 Å². The van der Waals surface area contributed by atoms with Gasteiger partial charge in [0.1, 0.15) is 6.04 Å². The summed E-state index contributed by atoms with van der Waals surface area (Å²) in [4.78, 5) is 43.4. The van der Waals surface area contributed by atoms with Gasteiger partial charge in [-0.1, -0.05) is 43.2 Å². The molecule has 2 N–H and O–H groups in total. The molecule has 2 saturated heterocycles. The van der Waals surface area contributed by atoms with Gasteiger partial charge in [0.15, 0.2) is 0 Å². The number of nitrogens with zero attached hydrogens (tertiary/aromatic N) is 3. The van der Waals surface area contributed by atoms with Crippen molar-refractivity contribution in [1.29, 1.82) is 0 Å². The van der Waals surface area contributed by atoms with Gasteiger partial charge in [0.2, 0.25) is 11.8 Å². The van der Waals surface area contributed by atoms with Crippen molar-refractivity contribution in [3.8, 4) is 0 Å². The molecule has 8 nitrogen and oxygen atoms in total. The molecule has 0 bridgehead atoms. The second-order valence-corrected chi connectivity index (χ2v) is 7.99. The largest absolute Gasteiger partial charge is 0.342 e. The highest BCUT2D eigenvalue weighted by molar-refractivity contribution is 5.97. The first kappa shape index (κ1) is 22.2. The SMILES string of the molecule is CNC(=O)NC(=O)[C@@H](c1ccccc1)N1CCN(CC(=O)N2CCCCCC2)CC1. The monoisotopic (exact) mass is 415 g/mol. The number of piperazine rings is 1. The number of amides is 4. The van der Waals surface area contributed by atoms with Gasteiger partial charge in [-0.15, -0.1) is 0 Å². The number of carbonyl (C=O) groups is 3. The Labute approximate surface area is 178 Å². The van der Waals surface area contributed by atoms with E-state index in [1.807, 2.05) is 35.2 Å². The minimum absolute atomic E-state index is 0.210. The maximum atomic E-state index is 12.8. The van der Waals surface area contributed by atoms with E-state index in [2.05, 4.69) is 20.4 Å². The number of urea groups is 1. The Morgan fingerprint density at radius 2 is 1.53 bits per heavy atom. The second-order valence-electron chi connectivity index (χ2n) is 7.99. The Kier molecular flexibility index (Phi) is 8.21. The molecule has 0 unspecified atom stereocenters. The third kappa shape index (κ3) is 6.03. The fraction of sp³-hybridized carbons (Fsp3) is 0.591. The fourth-order valence-corrected chi connectivity index (χ4v) is 4.20. The molecular formula is C22H33N5O3. The normalized spacial score (nSPS) is 19.6. The molecule has 1 atom stereocenters. The van der Waals surface area contributed by atoms with Gasteiger partial charge >= 0.3 is 6.03 Å². The van der Waals surface area contributed by atoms with Gasteiger partial charge in [-0.05, 0) is 18.4 Å². The van der Waals surface area contributed by atoms with Gasteiger partial charge in [-0.25, -0.2) is 4.79 Å². The van der Waals surface area contributed by atoms with Crippen molar-refractivity contribution in [3.05, 3.63) is 35.9 Å².